The summed E-state index contributed by atoms with van der Waals surface area (Å²) in [5.41, 5.74) is 2.51. The Labute approximate surface area is 224 Å². The minimum atomic E-state index is -3.04. The van der Waals surface area contributed by atoms with E-state index in [0.29, 0.717) is 16.9 Å². The lowest BCUT2D eigenvalue weighted by Crippen LogP contribution is -2.12. The second-order valence-electron chi connectivity index (χ2n) is 8.15. The number of nitro groups is 2. The van der Waals surface area contributed by atoms with E-state index in [1.807, 2.05) is 0 Å². The minimum absolute atomic E-state index is 0.0585. The molecule has 208 valence electrons. The molecule has 0 amide bonds. The van der Waals surface area contributed by atoms with Crippen LogP contribution in [-0.4, -0.2) is 42.4 Å². The number of hydrogen-bond donors (Lipinski definition) is 1. The maximum absolute atomic E-state index is 12.7. The van der Waals surface area contributed by atoms with E-state index < -0.39 is 39.9 Å². The van der Waals surface area contributed by atoms with Crippen LogP contribution in [0, 0.1) is 20.2 Å². The standard InChI is InChI=1S/C25H20F2N4O9/c1-37-20-10-8-16-21(40-24(32)22(16)23(20)38-2)12-18(13-3-6-15(7-4-13)39-25(26)27)29-28-17-9-5-14(30(33)34)11-19(17)31(35)36/h3-11,21,25,28H,12H2,1-2H3/b29-18+. The highest BCUT2D eigenvalue weighted by Crippen LogP contribution is 2.43. The van der Waals surface area contributed by atoms with Crippen LogP contribution in [0.5, 0.6) is 17.2 Å². The van der Waals surface area contributed by atoms with Crippen molar-refractivity contribution in [3.8, 4) is 17.2 Å². The number of halogens is 2. The lowest BCUT2D eigenvalue weighted by Gasteiger charge is -2.15. The molecule has 40 heavy (non-hydrogen) atoms. The third-order valence-electron chi connectivity index (χ3n) is 5.87. The zero-order valence-electron chi connectivity index (χ0n) is 20.8. The topological polar surface area (TPSA) is 165 Å². The fraction of sp³-hybridized carbons (Fsp3) is 0.200. The van der Waals surface area contributed by atoms with Crippen LogP contribution in [0.4, 0.5) is 25.8 Å². The second kappa shape index (κ2) is 11.6. The van der Waals surface area contributed by atoms with Gasteiger partial charge in [0, 0.05) is 18.1 Å². The first-order valence-electron chi connectivity index (χ1n) is 11.4. The molecule has 0 fully saturated rings. The van der Waals surface area contributed by atoms with Crippen LogP contribution >= 0.6 is 0 Å². The Morgan fingerprint density at radius 2 is 1.77 bits per heavy atom. The van der Waals surface area contributed by atoms with E-state index in [2.05, 4.69) is 15.3 Å². The Morgan fingerprint density at radius 1 is 1.05 bits per heavy atom. The number of carbonyl (C=O) groups excluding carboxylic acids is 1. The van der Waals surface area contributed by atoms with Gasteiger partial charge >= 0.3 is 18.3 Å². The molecule has 0 radical (unpaired) electrons. The van der Waals surface area contributed by atoms with Gasteiger partial charge in [-0.15, -0.1) is 0 Å². The number of non-ortho nitro benzene ring substituents is 1. The highest BCUT2D eigenvalue weighted by molar-refractivity contribution is 6.03. The fourth-order valence-corrected chi connectivity index (χ4v) is 4.06. The van der Waals surface area contributed by atoms with Crippen LogP contribution in [0.2, 0.25) is 0 Å². The zero-order valence-corrected chi connectivity index (χ0v) is 20.8. The Balaban J connectivity index is 1.73. The normalized spacial score (nSPS) is 14.4. The molecular formula is C25H20F2N4O9. The summed E-state index contributed by atoms with van der Waals surface area (Å²) in [5.74, 6) is -0.296. The molecule has 0 saturated heterocycles. The molecule has 1 aliphatic heterocycles. The van der Waals surface area contributed by atoms with Gasteiger partial charge in [0.2, 0.25) is 0 Å². The van der Waals surface area contributed by atoms with Crippen LogP contribution in [-0.2, 0) is 4.74 Å². The average Bonchev–Trinajstić information content (AvgIpc) is 3.25. The number of fused-ring (bicyclic) bond motifs is 1. The van der Waals surface area contributed by atoms with Gasteiger partial charge in [0.05, 0.1) is 35.8 Å². The summed E-state index contributed by atoms with van der Waals surface area (Å²) in [4.78, 5) is 33.8. The van der Waals surface area contributed by atoms with Gasteiger partial charge in [0.1, 0.15) is 23.1 Å². The van der Waals surface area contributed by atoms with Crippen LogP contribution in [0.3, 0.4) is 0 Å². The van der Waals surface area contributed by atoms with Crippen molar-refractivity contribution in [1.82, 2.24) is 0 Å². The van der Waals surface area contributed by atoms with Crippen molar-refractivity contribution in [3.05, 3.63) is 91.5 Å². The number of nitrogens with zero attached hydrogens (tertiary/aromatic N) is 3. The molecule has 1 heterocycles. The van der Waals surface area contributed by atoms with E-state index in [1.165, 1.54) is 38.5 Å². The number of hydrogen-bond acceptors (Lipinski definition) is 11. The van der Waals surface area contributed by atoms with Crippen molar-refractivity contribution < 1.29 is 42.4 Å². The number of methoxy groups -OCH3 is 2. The Kier molecular flexibility index (Phi) is 8.02. The predicted octanol–water partition coefficient (Wildman–Crippen LogP) is 5.24. The zero-order chi connectivity index (χ0) is 29.0. The number of cyclic esters (lactones) is 1. The number of ether oxygens (including phenoxy) is 4. The molecule has 0 aromatic heterocycles. The molecule has 0 bridgehead atoms. The SMILES string of the molecule is COc1ccc2c(c1OC)C(=O)OC2C/C(=N\Nc1ccc([N+](=O)[O-])cc1[N+](=O)[O-])c1ccc(OC(F)F)cc1. The van der Waals surface area contributed by atoms with E-state index in [1.54, 1.807) is 12.1 Å². The molecule has 15 heteroatoms. The molecule has 1 atom stereocenters. The van der Waals surface area contributed by atoms with Crippen molar-refractivity contribution in [3.63, 3.8) is 0 Å². The number of benzene rings is 3. The molecule has 13 nitrogen and oxygen atoms in total. The summed E-state index contributed by atoms with van der Waals surface area (Å²) in [6.07, 6.45) is -0.927. The van der Waals surface area contributed by atoms with Gasteiger partial charge in [-0.1, -0.05) is 6.07 Å². The predicted molar refractivity (Wildman–Crippen MR) is 135 cm³/mol. The lowest BCUT2D eigenvalue weighted by atomic mass is 9.97. The highest BCUT2D eigenvalue weighted by Gasteiger charge is 2.36. The summed E-state index contributed by atoms with van der Waals surface area (Å²) in [7, 11) is 2.78. The van der Waals surface area contributed by atoms with Crippen LogP contribution in [0.1, 0.15) is 34.0 Å². The number of nitro benzene ring substituents is 2. The number of esters is 1. The van der Waals surface area contributed by atoms with Gasteiger partial charge in [-0.3, -0.25) is 25.7 Å². The van der Waals surface area contributed by atoms with Crippen molar-refractivity contribution in [1.29, 1.82) is 0 Å². The van der Waals surface area contributed by atoms with E-state index in [-0.39, 0.29) is 34.9 Å². The van der Waals surface area contributed by atoms with Gasteiger partial charge in [0.15, 0.2) is 11.5 Å². The van der Waals surface area contributed by atoms with Crippen LogP contribution in [0.25, 0.3) is 0 Å². The van der Waals surface area contributed by atoms with Crippen molar-refractivity contribution >= 4 is 28.7 Å². The largest absolute Gasteiger partial charge is 0.493 e. The summed E-state index contributed by atoms with van der Waals surface area (Å²) < 4.78 is 45.8. The van der Waals surface area contributed by atoms with Crippen LogP contribution in [0.15, 0.2) is 59.7 Å². The quantitative estimate of drug-likeness (QED) is 0.142. The summed E-state index contributed by atoms with van der Waals surface area (Å²) >= 11 is 0. The number of hydrazone groups is 1. The van der Waals surface area contributed by atoms with Crippen molar-refractivity contribution in [2.24, 2.45) is 5.10 Å². The van der Waals surface area contributed by atoms with Crippen molar-refractivity contribution in [2.75, 3.05) is 19.6 Å². The van der Waals surface area contributed by atoms with Gasteiger partial charge in [0.25, 0.3) is 5.69 Å². The van der Waals surface area contributed by atoms with Gasteiger partial charge in [-0.25, -0.2) is 4.79 Å². The lowest BCUT2D eigenvalue weighted by molar-refractivity contribution is -0.393. The Hall–Kier alpha value is -5.34. The van der Waals surface area contributed by atoms with E-state index >= 15 is 0 Å². The number of carbonyl (C=O) groups is 1. The van der Waals surface area contributed by atoms with Crippen LogP contribution < -0.4 is 19.6 Å². The average molecular weight is 558 g/mol. The molecule has 0 saturated carbocycles. The fourth-order valence-electron chi connectivity index (χ4n) is 4.06. The van der Waals surface area contributed by atoms with E-state index in [9.17, 15) is 33.8 Å². The third kappa shape index (κ3) is 5.72. The first-order chi connectivity index (χ1) is 19.1. The maximum Gasteiger partial charge on any atom is 0.387 e. The number of anilines is 1. The molecule has 1 aliphatic rings. The van der Waals surface area contributed by atoms with E-state index in [0.717, 1.165) is 18.2 Å². The molecule has 1 unspecified atom stereocenters. The molecule has 3 aromatic carbocycles. The van der Waals surface area contributed by atoms with Crippen molar-refractivity contribution in [2.45, 2.75) is 19.1 Å². The summed E-state index contributed by atoms with van der Waals surface area (Å²) in [6.45, 7) is -3.04. The molecular weight excluding hydrogens is 538 g/mol. The molecule has 0 spiro atoms. The first kappa shape index (κ1) is 27.7. The molecule has 3 aromatic rings. The monoisotopic (exact) mass is 558 g/mol. The second-order valence-corrected chi connectivity index (χ2v) is 8.15. The van der Waals surface area contributed by atoms with E-state index in [4.69, 9.17) is 14.2 Å². The summed E-state index contributed by atoms with van der Waals surface area (Å²) in [6, 6.07) is 11.6. The molecule has 4 rings (SSSR count). The van der Waals surface area contributed by atoms with Gasteiger partial charge < -0.3 is 18.9 Å². The Bertz CT molecular complexity index is 1500. The Morgan fingerprint density at radius 3 is 2.38 bits per heavy atom. The smallest absolute Gasteiger partial charge is 0.387 e. The minimum Gasteiger partial charge on any atom is -0.493 e. The number of nitrogens with one attached hydrogen (secondary N) is 1. The molecule has 0 aliphatic carbocycles. The number of rotatable bonds is 11. The first-order valence-corrected chi connectivity index (χ1v) is 11.4. The van der Waals surface area contributed by atoms with Gasteiger partial charge in [-0.05, 0) is 42.0 Å². The summed E-state index contributed by atoms with van der Waals surface area (Å²) in [5, 5.41) is 26.9. The third-order valence-corrected chi connectivity index (χ3v) is 5.87. The highest BCUT2D eigenvalue weighted by atomic mass is 19.3. The molecule has 1 N–H and O–H groups in total. The number of alkyl halides is 2. The maximum atomic E-state index is 12.7. The van der Waals surface area contributed by atoms with Gasteiger partial charge in [-0.2, -0.15) is 13.9 Å².